The number of nitrogens with zero attached hydrogens (tertiary/aromatic N) is 2. The number of para-hydroxylation sites is 3. The third kappa shape index (κ3) is 4.60. The van der Waals surface area contributed by atoms with E-state index < -0.39 is 0 Å². The lowest BCUT2D eigenvalue weighted by molar-refractivity contribution is 1.17. The van der Waals surface area contributed by atoms with Crippen molar-refractivity contribution < 1.29 is 0 Å². The van der Waals surface area contributed by atoms with Crippen LogP contribution < -0.4 is 4.90 Å². The summed E-state index contributed by atoms with van der Waals surface area (Å²) in [6.45, 7) is 0. The number of fused-ring (bicyclic) bond motifs is 5. The van der Waals surface area contributed by atoms with Gasteiger partial charge in [0.25, 0.3) is 0 Å². The standard InChI is InChI=1S/C42H28N2S.CH4/c1-3-11-29(12-4-1)30-19-23-34(24-20-30)43-37-16-8-7-15-35(37)36-27-31(21-25-38(36)43)32-22-26-40-42(28-32)45-41-18-10-9-17-39(41)44(40)33-13-5-2-6-14-33;/h1-28H;1H4. The van der Waals surface area contributed by atoms with Gasteiger partial charge in [-0.05, 0) is 89.0 Å². The van der Waals surface area contributed by atoms with Gasteiger partial charge in [-0.15, -0.1) is 0 Å². The molecule has 0 aliphatic carbocycles. The maximum absolute atomic E-state index is 2.39. The lowest BCUT2D eigenvalue weighted by atomic mass is 10.0. The van der Waals surface area contributed by atoms with Gasteiger partial charge in [-0.3, -0.25) is 0 Å². The van der Waals surface area contributed by atoms with Crippen molar-refractivity contribution in [3.63, 3.8) is 0 Å². The van der Waals surface area contributed by atoms with E-state index in [4.69, 9.17) is 0 Å². The summed E-state index contributed by atoms with van der Waals surface area (Å²) in [4.78, 5) is 4.91. The van der Waals surface area contributed by atoms with Crippen LogP contribution in [-0.2, 0) is 0 Å². The highest BCUT2D eigenvalue weighted by Gasteiger charge is 2.25. The van der Waals surface area contributed by atoms with Crippen LogP contribution in [-0.4, -0.2) is 4.57 Å². The van der Waals surface area contributed by atoms with Gasteiger partial charge in [-0.25, -0.2) is 0 Å². The Morgan fingerprint density at radius 3 is 1.78 bits per heavy atom. The van der Waals surface area contributed by atoms with Crippen molar-refractivity contribution in [3.05, 3.63) is 170 Å². The maximum atomic E-state index is 2.39. The zero-order valence-electron chi connectivity index (χ0n) is 24.5. The molecule has 2 heterocycles. The molecule has 220 valence electrons. The fourth-order valence-corrected chi connectivity index (χ4v) is 7.75. The number of hydrogen-bond donors (Lipinski definition) is 0. The van der Waals surface area contributed by atoms with Gasteiger partial charge in [0.15, 0.2) is 0 Å². The van der Waals surface area contributed by atoms with Crippen molar-refractivity contribution in [1.82, 2.24) is 4.57 Å². The average molecular weight is 609 g/mol. The van der Waals surface area contributed by atoms with E-state index in [9.17, 15) is 0 Å². The Morgan fingerprint density at radius 1 is 0.370 bits per heavy atom. The first-order chi connectivity index (χ1) is 22.3. The Balaban J connectivity index is 0.00000312. The summed E-state index contributed by atoms with van der Waals surface area (Å²) in [6.07, 6.45) is 0. The molecule has 8 aromatic rings. The monoisotopic (exact) mass is 608 g/mol. The van der Waals surface area contributed by atoms with E-state index in [-0.39, 0.29) is 7.43 Å². The van der Waals surface area contributed by atoms with E-state index in [0.29, 0.717) is 0 Å². The predicted octanol–water partition coefficient (Wildman–Crippen LogP) is 12.7. The molecular formula is C43H32N2S. The van der Waals surface area contributed by atoms with Gasteiger partial charge in [0.05, 0.1) is 22.4 Å². The van der Waals surface area contributed by atoms with Crippen LogP contribution in [0, 0.1) is 0 Å². The van der Waals surface area contributed by atoms with Crippen molar-refractivity contribution in [2.24, 2.45) is 0 Å². The smallest absolute Gasteiger partial charge is 0.0602 e. The fourth-order valence-electron chi connectivity index (χ4n) is 6.66. The number of rotatable bonds is 4. The van der Waals surface area contributed by atoms with Crippen LogP contribution in [0.15, 0.2) is 180 Å². The largest absolute Gasteiger partial charge is 0.309 e. The van der Waals surface area contributed by atoms with Crippen molar-refractivity contribution in [1.29, 1.82) is 0 Å². The Kier molecular flexibility index (Phi) is 6.97. The summed E-state index contributed by atoms with van der Waals surface area (Å²) < 4.78 is 2.39. The summed E-state index contributed by atoms with van der Waals surface area (Å²) in [7, 11) is 0. The van der Waals surface area contributed by atoms with Crippen LogP contribution in [0.1, 0.15) is 7.43 Å². The van der Waals surface area contributed by atoms with Gasteiger partial charge in [0.1, 0.15) is 0 Å². The Labute approximate surface area is 274 Å². The first-order valence-electron chi connectivity index (χ1n) is 15.3. The van der Waals surface area contributed by atoms with E-state index in [1.165, 1.54) is 76.6 Å². The molecule has 0 N–H and O–H groups in total. The zero-order chi connectivity index (χ0) is 29.7. The minimum Gasteiger partial charge on any atom is -0.309 e. The van der Waals surface area contributed by atoms with Crippen LogP contribution >= 0.6 is 11.8 Å². The highest BCUT2D eigenvalue weighted by molar-refractivity contribution is 7.99. The molecule has 7 aromatic carbocycles. The molecule has 0 fully saturated rings. The molecule has 1 aliphatic heterocycles. The first-order valence-corrected chi connectivity index (χ1v) is 16.1. The number of aromatic nitrogens is 1. The maximum Gasteiger partial charge on any atom is 0.0602 e. The Hall–Kier alpha value is -5.51. The van der Waals surface area contributed by atoms with Crippen LogP contribution in [0.3, 0.4) is 0 Å². The lowest BCUT2D eigenvalue weighted by Gasteiger charge is -2.33. The molecule has 0 spiro atoms. The second kappa shape index (κ2) is 11.4. The lowest BCUT2D eigenvalue weighted by Crippen LogP contribution is -2.14. The molecule has 0 radical (unpaired) electrons. The minimum atomic E-state index is 0. The van der Waals surface area contributed by atoms with Crippen molar-refractivity contribution in [2.45, 2.75) is 17.2 Å². The van der Waals surface area contributed by atoms with Crippen molar-refractivity contribution in [3.8, 4) is 27.9 Å². The Morgan fingerprint density at radius 2 is 0.957 bits per heavy atom. The highest BCUT2D eigenvalue weighted by Crippen LogP contribution is 2.52. The van der Waals surface area contributed by atoms with Crippen LogP contribution in [0.2, 0.25) is 0 Å². The van der Waals surface area contributed by atoms with Crippen LogP contribution in [0.5, 0.6) is 0 Å². The van der Waals surface area contributed by atoms with Crippen molar-refractivity contribution >= 4 is 50.6 Å². The van der Waals surface area contributed by atoms with Gasteiger partial charge in [-0.2, -0.15) is 0 Å². The number of benzene rings is 7. The molecule has 2 nitrogen and oxygen atoms in total. The molecule has 1 aliphatic rings. The predicted molar refractivity (Wildman–Crippen MR) is 197 cm³/mol. The van der Waals surface area contributed by atoms with Gasteiger partial charge >= 0.3 is 0 Å². The highest BCUT2D eigenvalue weighted by atomic mass is 32.2. The molecule has 0 bridgehead atoms. The molecule has 3 heteroatoms. The molecule has 1 aromatic heterocycles. The Bertz CT molecular complexity index is 2340. The average Bonchev–Trinajstić information content (AvgIpc) is 3.45. The van der Waals surface area contributed by atoms with Gasteiger partial charge in [0, 0.05) is 31.9 Å². The van der Waals surface area contributed by atoms with E-state index >= 15 is 0 Å². The molecule has 46 heavy (non-hydrogen) atoms. The molecule has 0 saturated heterocycles. The molecule has 9 rings (SSSR count). The van der Waals surface area contributed by atoms with Gasteiger partial charge in [-0.1, -0.05) is 122 Å². The zero-order valence-corrected chi connectivity index (χ0v) is 25.3. The number of hydrogen-bond acceptors (Lipinski definition) is 2. The van der Waals surface area contributed by atoms with Gasteiger partial charge in [0.2, 0.25) is 0 Å². The van der Waals surface area contributed by atoms with Crippen LogP contribution in [0.25, 0.3) is 49.7 Å². The molecule has 0 amide bonds. The second-order valence-electron chi connectivity index (χ2n) is 11.4. The van der Waals surface area contributed by atoms with E-state index in [1.807, 2.05) is 11.8 Å². The third-order valence-corrected chi connectivity index (χ3v) is 9.89. The molecule has 0 saturated carbocycles. The SMILES string of the molecule is C.c1ccc(-c2ccc(-n3c4ccccc4c4cc(-c5ccc6c(c5)Sc5ccccc5N6c5ccccc5)ccc43)cc2)cc1. The third-order valence-electron chi connectivity index (χ3n) is 8.78. The molecule has 0 unspecified atom stereocenters. The summed E-state index contributed by atoms with van der Waals surface area (Å²) in [6, 6.07) is 61.4. The summed E-state index contributed by atoms with van der Waals surface area (Å²) in [5, 5.41) is 2.52. The minimum absolute atomic E-state index is 0. The van der Waals surface area contributed by atoms with E-state index in [1.54, 1.807) is 0 Å². The summed E-state index contributed by atoms with van der Waals surface area (Å²) in [5.41, 5.74) is 12.1. The van der Waals surface area contributed by atoms with Crippen molar-refractivity contribution in [2.75, 3.05) is 4.90 Å². The first kappa shape index (κ1) is 28.0. The van der Waals surface area contributed by atoms with E-state index in [2.05, 4.69) is 179 Å². The quantitative estimate of drug-likeness (QED) is 0.196. The fraction of sp³-hybridized carbons (Fsp3) is 0.0233. The molecule has 0 atom stereocenters. The normalized spacial score (nSPS) is 12.0. The topological polar surface area (TPSA) is 8.17 Å². The number of anilines is 3. The second-order valence-corrected chi connectivity index (χ2v) is 12.5. The summed E-state index contributed by atoms with van der Waals surface area (Å²) in [5.74, 6) is 0. The molecular weight excluding hydrogens is 577 g/mol. The summed E-state index contributed by atoms with van der Waals surface area (Å²) >= 11 is 1.85. The van der Waals surface area contributed by atoms with E-state index in [0.717, 1.165) is 0 Å². The van der Waals surface area contributed by atoms with Crippen LogP contribution in [0.4, 0.5) is 17.1 Å². The van der Waals surface area contributed by atoms with Gasteiger partial charge < -0.3 is 9.47 Å².